The number of pyridine rings is 1. The molecule has 5 aromatic rings. The number of hydrogen-bond donors (Lipinski definition) is 0. The van der Waals surface area contributed by atoms with Crippen LogP contribution in [0.5, 0.6) is 0 Å². The van der Waals surface area contributed by atoms with Crippen LogP contribution in [-0.4, -0.2) is 14.5 Å². The molecule has 0 saturated carbocycles. The SMILES string of the molecule is CCc1cccc2c1ccc1c2nc(CCc2ccc3ccccc3n2)n1C. The zero-order chi connectivity index (χ0) is 19.1. The van der Waals surface area contributed by atoms with Gasteiger partial charge in [0.05, 0.1) is 16.6 Å². The van der Waals surface area contributed by atoms with E-state index in [-0.39, 0.29) is 0 Å². The summed E-state index contributed by atoms with van der Waals surface area (Å²) < 4.78 is 2.23. The molecule has 0 amide bonds. The van der Waals surface area contributed by atoms with Crippen molar-refractivity contribution in [3.8, 4) is 0 Å². The van der Waals surface area contributed by atoms with Gasteiger partial charge in [-0.15, -0.1) is 0 Å². The van der Waals surface area contributed by atoms with Crippen LogP contribution in [-0.2, 0) is 26.3 Å². The van der Waals surface area contributed by atoms with E-state index in [1.54, 1.807) is 0 Å². The summed E-state index contributed by atoms with van der Waals surface area (Å²) in [4.78, 5) is 9.84. The molecule has 0 aliphatic carbocycles. The fraction of sp³-hybridized carbons (Fsp3) is 0.200. The lowest BCUT2D eigenvalue weighted by molar-refractivity contribution is 0.778. The summed E-state index contributed by atoms with van der Waals surface area (Å²) in [6.45, 7) is 2.21. The average Bonchev–Trinajstić information content (AvgIpc) is 3.07. The van der Waals surface area contributed by atoms with E-state index < -0.39 is 0 Å². The minimum atomic E-state index is 0.880. The van der Waals surface area contributed by atoms with E-state index in [0.717, 1.165) is 41.8 Å². The van der Waals surface area contributed by atoms with Crippen molar-refractivity contribution in [3.63, 3.8) is 0 Å². The number of nitrogens with zero attached hydrogens (tertiary/aromatic N) is 3. The van der Waals surface area contributed by atoms with Gasteiger partial charge in [0.25, 0.3) is 0 Å². The number of para-hydroxylation sites is 1. The van der Waals surface area contributed by atoms with Crippen molar-refractivity contribution >= 4 is 32.7 Å². The van der Waals surface area contributed by atoms with Gasteiger partial charge in [0.15, 0.2) is 0 Å². The van der Waals surface area contributed by atoms with Gasteiger partial charge in [-0.1, -0.05) is 55.5 Å². The van der Waals surface area contributed by atoms with Gasteiger partial charge in [-0.2, -0.15) is 0 Å². The Hall–Kier alpha value is -3.20. The second-order valence-corrected chi connectivity index (χ2v) is 7.38. The van der Waals surface area contributed by atoms with Crippen LogP contribution < -0.4 is 0 Å². The van der Waals surface area contributed by atoms with E-state index in [2.05, 4.69) is 79.2 Å². The van der Waals surface area contributed by atoms with Gasteiger partial charge < -0.3 is 4.57 Å². The maximum Gasteiger partial charge on any atom is 0.110 e. The Morgan fingerprint density at radius 2 is 1.68 bits per heavy atom. The van der Waals surface area contributed by atoms with Crippen molar-refractivity contribution in [1.82, 2.24) is 14.5 Å². The number of aryl methyl sites for hydroxylation is 4. The molecule has 2 aromatic heterocycles. The first-order chi connectivity index (χ1) is 13.7. The van der Waals surface area contributed by atoms with Crippen LogP contribution in [0.2, 0.25) is 0 Å². The first kappa shape index (κ1) is 16.9. The summed E-state index contributed by atoms with van der Waals surface area (Å²) in [5, 5.41) is 3.76. The van der Waals surface area contributed by atoms with Gasteiger partial charge >= 0.3 is 0 Å². The van der Waals surface area contributed by atoms with Crippen LogP contribution in [0.3, 0.4) is 0 Å². The van der Waals surface area contributed by atoms with Crippen molar-refractivity contribution in [2.45, 2.75) is 26.2 Å². The van der Waals surface area contributed by atoms with E-state index in [1.807, 2.05) is 6.07 Å². The normalized spacial score (nSPS) is 11.6. The van der Waals surface area contributed by atoms with Crippen LogP contribution in [0.15, 0.2) is 66.7 Å². The van der Waals surface area contributed by atoms with E-state index in [1.165, 1.54) is 27.2 Å². The van der Waals surface area contributed by atoms with Crippen LogP contribution >= 0.6 is 0 Å². The molecular weight excluding hydrogens is 342 g/mol. The molecule has 0 radical (unpaired) electrons. The number of imidazole rings is 1. The van der Waals surface area contributed by atoms with Gasteiger partial charge in [0.1, 0.15) is 5.82 Å². The highest BCUT2D eigenvalue weighted by molar-refractivity contribution is 6.05. The summed E-state index contributed by atoms with van der Waals surface area (Å²) in [7, 11) is 2.12. The topological polar surface area (TPSA) is 30.7 Å². The Labute approximate surface area is 164 Å². The third-order valence-electron chi connectivity index (χ3n) is 5.73. The maximum atomic E-state index is 5.03. The molecule has 0 aliphatic rings. The lowest BCUT2D eigenvalue weighted by Crippen LogP contribution is -2.01. The molecule has 0 spiro atoms. The summed E-state index contributed by atoms with van der Waals surface area (Å²) in [6.07, 6.45) is 2.81. The van der Waals surface area contributed by atoms with E-state index in [0.29, 0.717) is 0 Å². The molecule has 5 rings (SSSR count). The zero-order valence-corrected chi connectivity index (χ0v) is 16.3. The Morgan fingerprint density at radius 1 is 0.786 bits per heavy atom. The third kappa shape index (κ3) is 2.75. The van der Waals surface area contributed by atoms with Gasteiger partial charge in [-0.25, -0.2) is 4.98 Å². The van der Waals surface area contributed by atoms with Crippen molar-refractivity contribution in [1.29, 1.82) is 0 Å². The van der Waals surface area contributed by atoms with Gasteiger partial charge in [0, 0.05) is 29.9 Å². The molecule has 138 valence electrons. The summed E-state index contributed by atoms with van der Waals surface area (Å²) >= 11 is 0. The number of rotatable bonds is 4. The summed E-state index contributed by atoms with van der Waals surface area (Å²) in [6, 6.07) is 23.6. The quantitative estimate of drug-likeness (QED) is 0.414. The zero-order valence-electron chi connectivity index (χ0n) is 16.3. The molecule has 0 fully saturated rings. The Kier molecular flexibility index (Phi) is 4.09. The molecule has 0 aliphatic heterocycles. The van der Waals surface area contributed by atoms with Crippen LogP contribution in [0.1, 0.15) is 24.0 Å². The molecule has 0 N–H and O–H groups in total. The average molecular weight is 365 g/mol. The Morgan fingerprint density at radius 3 is 2.57 bits per heavy atom. The number of fused-ring (bicyclic) bond motifs is 4. The predicted octanol–water partition coefficient (Wildman–Crippen LogP) is 5.62. The van der Waals surface area contributed by atoms with Crippen LogP contribution in [0, 0.1) is 0 Å². The molecule has 3 nitrogen and oxygen atoms in total. The first-order valence-electron chi connectivity index (χ1n) is 9.95. The predicted molar refractivity (Wildman–Crippen MR) is 117 cm³/mol. The third-order valence-corrected chi connectivity index (χ3v) is 5.73. The monoisotopic (exact) mass is 365 g/mol. The Bertz CT molecular complexity index is 1310. The number of benzene rings is 3. The van der Waals surface area contributed by atoms with Gasteiger partial charge in [-0.05, 0) is 42.0 Å². The minimum absolute atomic E-state index is 0.880. The highest BCUT2D eigenvalue weighted by Gasteiger charge is 2.12. The van der Waals surface area contributed by atoms with Gasteiger partial charge in [0.2, 0.25) is 0 Å². The smallest absolute Gasteiger partial charge is 0.110 e. The molecular formula is C25H23N3. The standard InChI is InChI=1S/C25H23N3/c1-3-17-8-6-9-21-20(17)14-15-23-25(21)27-24(28(23)2)16-13-19-12-11-18-7-4-5-10-22(18)26-19/h4-12,14-15H,3,13,16H2,1-2H3. The number of hydrogen-bond acceptors (Lipinski definition) is 2. The van der Waals surface area contributed by atoms with Crippen molar-refractivity contribution in [2.75, 3.05) is 0 Å². The second kappa shape index (κ2) is 6.75. The molecule has 0 atom stereocenters. The molecule has 2 heterocycles. The van der Waals surface area contributed by atoms with Gasteiger partial charge in [-0.3, -0.25) is 4.98 Å². The summed E-state index contributed by atoms with van der Waals surface area (Å²) in [5.74, 6) is 1.11. The lowest BCUT2D eigenvalue weighted by atomic mass is 10.0. The lowest BCUT2D eigenvalue weighted by Gasteiger charge is -2.05. The molecule has 3 aromatic carbocycles. The summed E-state index contributed by atoms with van der Waals surface area (Å²) in [5.41, 5.74) is 5.86. The first-order valence-corrected chi connectivity index (χ1v) is 9.95. The Balaban J connectivity index is 1.51. The second-order valence-electron chi connectivity index (χ2n) is 7.38. The molecule has 3 heteroatoms. The van der Waals surface area contributed by atoms with E-state index >= 15 is 0 Å². The fourth-order valence-corrected chi connectivity index (χ4v) is 4.15. The van der Waals surface area contributed by atoms with E-state index in [4.69, 9.17) is 9.97 Å². The molecule has 0 unspecified atom stereocenters. The molecule has 0 saturated heterocycles. The van der Waals surface area contributed by atoms with E-state index in [9.17, 15) is 0 Å². The fourth-order valence-electron chi connectivity index (χ4n) is 4.15. The molecule has 28 heavy (non-hydrogen) atoms. The highest BCUT2D eigenvalue weighted by atomic mass is 15.1. The number of aromatic nitrogens is 3. The van der Waals surface area contributed by atoms with Crippen molar-refractivity contribution in [3.05, 3.63) is 83.8 Å². The minimum Gasteiger partial charge on any atom is -0.331 e. The van der Waals surface area contributed by atoms with Crippen LogP contribution in [0.4, 0.5) is 0 Å². The van der Waals surface area contributed by atoms with Crippen LogP contribution in [0.25, 0.3) is 32.7 Å². The maximum absolute atomic E-state index is 5.03. The highest BCUT2D eigenvalue weighted by Crippen LogP contribution is 2.28. The largest absolute Gasteiger partial charge is 0.331 e. The van der Waals surface area contributed by atoms with Crippen molar-refractivity contribution in [2.24, 2.45) is 7.05 Å². The van der Waals surface area contributed by atoms with Crippen molar-refractivity contribution < 1.29 is 0 Å². The molecule has 0 bridgehead atoms.